The molecular formula is C71H128O6. The maximum absolute atomic E-state index is 12.9. The first-order valence-corrected chi connectivity index (χ1v) is 33.8. The van der Waals surface area contributed by atoms with Crippen molar-refractivity contribution in [2.45, 2.75) is 361 Å². The molecule has 0 aliphatic carbocycles. The van der Waals surface area contributed by atoms with Crippen LogP contribution in [0.2, 0.25) is 0 Å². The Labute approximate surface area is 479 Å². The van der Waals surface area contributed by atoms with Crippen LogP contribution < -0.4 is 0 Å². The zero-order valence-corrected chi connectivity index (χ0v) is 51.5. The molecule has 1 unspecified atom stereocenters. The molecule has 0 radical (unpaired) electrons. The number of carbonyl (C=O) groups is 3. The predicted molar refractivity (Wildman–Crippen MR) is 335 cm³/mol. The molecule has 0 aliphatic rings. The third-order valence-corrected chi connectivity index (χ3v) is 15.0. The van der Waals surface area contributed by atoms with E-state index >= 15 is 0 Å². The van der Waals surface area contributed by atoms with E-state index in [1.807, 2.05) is 0 Å². The largest absolute Gasteiger partial charge is 0.462 e. The van der Waals surface area contributed by atoms with Crippen LogP contribution in [0.15, 0.2) is 60.8 Å². The van der Waals surface area contributed by atoms with Gasteiger partial charge in [-0.25, -0.2) is 0 Å². The van der Waals surface area contributed by atoms with Gasteiger partial charge in [-0.1, -0.05) is 313 Å². The standard InChI is InChI=1S/C71H128O6/c1-4-7-10-13-16-19-22-25-27-29-31-33-35-37-38-40-42-44-46-49-52-55-58-61-64-70(73)76-67-68(66-75-69(72)63-60-57-54-51-48-24-21-18-15-12-9-6-3)77-71(74)65-62-59-56-53-50-47-45-43-41-39-36-34-32-30-28-26-23-20-17-14-11-8-5-2/h8,11,17-18,20-21,26,28,32,34,68H,4-7,9-10,12-16,19,22-25,27,29-31,33,35-67H2,1-3H3/b11-8-,20-17-,21-18-,28-26-,34-32-. The van der Waals surface area contributed by atoms with E-state index in [9.17, 15) is 14.4 Å². The van der Waals surface area contributed by atoms with Gasteiger partial charge < -0.3 is 14.2 Å². The molecule has 6 heteroatoms. The smallest absolute Gasteiger partial charge is 0.306 e. The lowest BCUT2D eigenvalue weighted by Gasteiger charge is -2.18. The summed E-state index contributed by atoms with van der Waals surface area (Å²) in [5.41, 5.74) is 0. The summed E-state index contributed by atoms with van der Waals surface area (Å²) in [6.07, 6.45) is 83.9. The van der Waals surface area contributed by atoms with Crippen molar-refractivity contribution in [2.75, 3.05) is 13.2 Å². The average molecular weight is 1080 g/mol. The lowest BCUT2D eigenvalue weighted by Crippen LogP contribution is -2.30. The molecule has 0 aromatic carbocycles. The second-order valence-electron chi connectivity index (χ2n) is 22.7. The van der Waals surface area contributed by atoms with Gasteiger partial charge in [0.05, 0.1) is 0 Å². The molecule has 77 heavy (non-hydrogen) atoms. The molecule has 0 heterocycles. The van der Waals surface area contributed by atoms with Crippen LogP contribution in [0.5, 0.6) is 0 Å². The minimum atomic E-state index is -0.779. The number of esters is 3. The Balaban J connectivity index is 4.25. The number of ether oxygens (including phenoxy) is 3. The lowest BCUT2D eigenvalue weighted by atomic mass is 10.0. The molecule has 0 N–H and O–H groups in total. The highest BCUT2D eigenvalue weighted by Crippen LogP contribution is 2.18. The zero-order chi connectivity index (χ0) is 55.7. The Morgan fingerprint density at radius 1 is 0.273 bits per heavy atom. The van der Waals surface area contributed by atoms with E-state index in [2.05, 4.69) is 81.5 Å². The van der Waals surface area contributed by atoms with E-state index in [0.717, 1.165) is 89.9 Å². The van der Waals surface area contributed by atoms with Gasteiger partial charge in [-0.3, -0.25) is 14.4 Å². The van der Waals surface area contributed by atoms with Gasteiger partial charge in [0.25, 0.3) is 0 Å². The number of hydrogen-bond donors (Lipinski definition) is 0. The fourth-order valence-electron chi connectivity index (χ4n) is 9.96. The van der Waals surface area contributed by atoms with Crippen molar-refractivity contribution in [2.24, 2.45) is 0 Å². The highest BCUT2D eigenvalue weighted by molar-refractivity contribution is 5.71. The summed E-state index contributed by atoms with van der Waals surface area (Å²) in [5.74, 6) is -0.868. The summed E-state index contributed by atoms with van der Waals surface area (Å²) in [7, 11) is 0. The topological polar surface area (TPSA) is 78.9 Å². The van der Waals surface area contributed by atoms with Gasteiger partial charge in [0.1, 0.15) is 13.2 Å². The second-order valence-corrected chi connectivity index (χ2v) is 22.7. The molecule has 6 nitrogen and oxygen atoms in total. The summed E-state index contributed by atoms with van der Waals surface area (Å²) in [6.45, 7) is 6.55. The SMILES string of the molecule is CC/C=C\C/C=C\C/C=C\C/C=C\CCCCCCCCCCCCC(=O)OC(COC(=O)CCCCCCC/C=C\CCCCC)COC(=O)CCCCCCCCCCCCCCCCCCCCCCCCCC. The van der Waals surface area contributed by atoms with Crippen LogP contribution in [0.3, 0.4) is 0 Å². The Bertz CT molecular complexity index is 1380. The van der Waals surface area contributed by atoms with Crippen molar-refractivity contribution in [3.05, 3.63) is 60.8 Å². The monoisotopic (exact) mass is 1080 g/mol. The first-order chi connectivity index (χ1) is 38.0. The number of unbranched alkanes of at least 4 members (excludes halogenated alkanes) is 41. The first-order valence-electron chi connectivity index (χ1n) is 33.8. The van der Waals surface area contributed by atoms with Gasteiger partial charge in [0.15, 0.2) is 6.10 Å². The van der Waals surface area contributed by atoms with Crippen molar-refractivity contribution in [1.82, 2.24) is 0 Å². The molecule has 0 aromatic rings. The van der Waals surface area contributed by atoms with Gasteiger partial charge >= 0.3 is 17.9 Å². The summed E-state index contributed by atoms with van der Waals surface area (Å²) in [4.78, 5) is 38.3. The van der Waals surface area contributed by atoms with Crippen LogP contribution >= 0.6 is 0 Å². The Kier molecular flexibility index (Phi) is 63.2. The van der Waals surface area contributed by atoms with Crippen molar-refractivity contribution in [3.8, 4) is 0 Å². The van der Waals surface area contributed by atoms with Crippen molar-refractivity contribution in [3.63, 3.8) is 0 Å². The minimum Gasteiger partial charge on any atom is -0.462 e. The molecule has 0 saturated heterocycles. The maximum Gasteiger partial charge on any atom is 0.306 e. The van der Waals surface area contributed by atoms with E-state index in [1.165, 1.54) is 225 Å². The Hall–Kier alpha value is -2.89. The highest BCUT2D eigenvalue weighted by atomic mass is 16.6. The lowest BCUT2D eigenvalue weighted by molar-refractivity contribution is -0.167. The van der Waals surface area contributed by atoms with Crippen LogP contribution in [0.25, 0.3) is 0 Å². The van der Waals surface area contributed by atoms with Crippen LogP contribution in [0.4, 0.5) is 0 Å². The van der Waals surface area contributed by atoms with E-state index in [4.69, 9.17) is 14.2 Å². The predicted octanol–water partition coefficient (Wildman–Crippen LogP) is 23.1. The van der Waals surface area contributed by atoms with Crippen LogP contribution in [0.1, 0.15) is 355 Å². The van der Waals surface area contributed by atoms with Crippen LogP contribution in [-0.2, 0) is 28.6 Å². The van der Waals surface area contributed by atoms with Crippen molar-refractivity contribution >= 4 is 17.9 Å². The van der Waals surface area contributed by atoms with Crippen molar-refractivity contribution < 1.29 is 28.6 Å². The average Bonchev–Trinajstić information content (AvgIpc) is 3.43. The third kappa shape index (κ3) is 63.8. The third-order valence-electron chi connectivity index (χ3n) is 15.0. The normalized spacial score (nSPS) is 12.4. The van der Waals surface area contributed by atoms with Crippen molar-refractivity contribution in [1.29, 1.82) is 0 Å². The van der Waals surface area contributed by atoms with E-state index in [-0.39, 0.29) is 31.1 Å². The quantitative estimate of drug-likeness (QED) is 0.0261. The minimum absolute atomic E-state index is 0.0747. The van der Waals surface area contributed by atoms with Crippen LogP contribution in [-0.4, -0.2) is 37.2 Å². The zero-order valence-electron chi connectivity index (χ0n) is 51.5. The molecular weight excluding hydrogens is 949 g/mol. The molecule has 0 saturated carbocycles. The van der Waals surface area contributed by atoms with Gasteiger partial charge in [-0.15, -0.1) is 0 Å². The number of carbonyl (C=O) groups excluding carboxylic acids is 3. The fourth-order valence-corrected chi connectivity index (χ4v) is 9.96. The molecule has 0 spiro atoms. The fraction of sp³-hybridized carbons (Fsp3) is 0.817. The molecule has 448 valence electrons. The van der Waals surface area contributed by atoms with Gasteiger partial charge in [0, 0.05) is 19.3 Å². The molecule has 1 atom stereocenters. The summed E-state index contributed by atoms with van der Waals surface area (Å²) in [6, 6.07) is 0. The molecule has 0 fully saturated rings. The molecule has 0 rings (SSSR count). The molecule has 0 aromatic heterocycles. The Morgan fingerprint density at radius 3 is 0.831 bits per heavy atom. The van der Waals surface area contributed by atoms with E-state index in [1.54, 1.807) is 0 Å². The van der Waals surface area contributed by atoms with Gasteiger partial charge in [0.2, 0.25) is 0 Å². The molecule has 0 amide bonds. The summed E-state index contributed by atoms with van der Waals surface area (Å²) in [5, 5.41) is 0. The summed E-state index contributed by atoms with van der Waals surface area (Å²) >= 11 is 0. The highest BCUT2D eigenvalue weighted by Gasteiger charge is 2.19. The second kappa shape index (κ2) is 65.6. The van der Waals surface area contributed by atoms with E-state index < -0.39 is 6.10 Å². The Morgan fingerprint density at radius 2 is 0.506 bits per heavy atom. The van der Waals surface area contributed by atoms with Gasteiger partial charge in [-0.2, -0.15) is 0 Å². The maximum atomic E-state index is 12.9. The number of hydrogen-bond acceptors (Lipinski definition) is 6. The summed E-state index contributed by atoms with van der Waals surface area (Å²) < 4.78 is 16.9. The number of allylic oxidation sites excluding steroid dienone is 10. The van der Waals surface area contributed by atoms with E-state index in [0.29, 0.717) is 19.3 Å². The van der Waals surface area contributed by atoms with Crippen LogP contribution in [0, 0.1) is 0 Å². The van der Waals surface area contributed by atoms with Gasteiger partial charge in [-0.05, 0) is 83.5 Å². The molecule has 0 bridgehead atoms. The number of rotatable bonds is 62. The first kappa shape index (κ1) is 74.1. The molecule has 0 aliphatic heterocycles.